The van der Waals surface area contributed by atoms with E-state index in [1.807, 2.05) is 28.7 Å². The fourth-order valence-corrected chi connectivity index (χ4v) is 5.43. The van der Waals surface area contributed by atoms with Crippen LogP contribution in [-0.4, -0.2) is 44.9 Å². The highest BCUT2D eigenvalue weighted by Gasteiger charge is 2.50. The molecule has 6 rings (SSSR count). The van der Waals surface area contributed by atoms with E-state index < -0.39 is 0 Å². The molecular weight excluding hydrogens is 422 g/mol. The van der Waals surface area contributed by atoms with Gasteiger partial charge in [-0.05, 0) is 36.5 Å². The van der Waals surface area contributed by atoms with Crippen molar-refractivity contribution in [2.24, 2.45) is 12.5 Å². The van der Waals surface area contributed by atoms with Gasteiger partial charge in [-0.3, -0.25) is 9.48 Å². The second-order valence-corrected chi connectivity index (χ2v) is 9.71. The average Bonchev–Trinajstić information content (AvgIpc) is 3.40. The van der Waals surface area contributed by atoms with Crippen molar-refractivity contribution >= 4 is 28.3 Å². The maximum atomic E-state index is 13.0. The standard InChI is InChI=1S/C24H23N5O2S/c1-29-22-17(6-15-2-4-16(5-3-15)21-11-32-14-25-21)7-19(28-20(22)10-26-29)23(30)27-18-8-24(9-18)12-31-13-24/h2-5,7,10-11,14,18H,6,8-9,12-13H2,1H3,(H,27,30). The monoisotopic (exact) mass is 445 g/mol. The number of aromatic nitrogens is 4. The van der Waals surface area contributed by atoms with E-state index in [-0.39, 0.29) is 11.9 Å². The molecule has 1 spiro atoms. The molecular formula is C24H23N5O2S. The van der Waals surface area contributed by atoms with E-state index >= 15 is 0 Å². The average molecular weight is 446 g/mol. The van der Waals surface area contributed by atoms with Crippen LogP contribution in [0.4, 0.5) is 0 Å². The summed E-state index contributed by atoms with van der Waals surface area (Å²) >= 11 is 1.59. The van der Waals surface area contributed by atoms with Gasteiger partial charge in [-0.2, -0.15) is 5.10 Å². The van der Waals surface area contributed by atoms with E-state index in [2.05, 4.69) is 44.6 Å². The van der Waals surface area contributed by atoms with Crippen molar-refractivity contribution in [1.29, 1.82) is 0 Å². The van der Waals surface area contributed by atoms with Crippen LogP contribution in [0.3, 0.4) is 0 Å². The van der Waals surface area contributed by atoms with Gasteiger partial charge >= 0.3 is 0 Å². The minimum absolute atomic E-state index is 0.115. The lowest BCUT2D eigenvalue weighted by Crippen LogP contribution is -2.59. The van der Waals surface area contributed by atoms with E-state index in [4.69, 9.17) is 4.74 Å². The number of pyridine rings is 1. The lowest BCUT2D eigenvalue weighted by atomic mass is 9.64. The van der Waals surface area contributed by atoms with E-state index in [1.165, 1.54) is 0 Å². The van der Waals surface area contributed by atoms with E-state index in [0.717, 1.165) is 59.5 Å². The predicted molar refractivity (Wildman–Crippen MR) is 123 cm³/mol. The third kappa shape index (κ3) is 3.40. The molecule has 4 heterocycles. The van der Waals surface area contributed by atoms with Crippen molar-refractivity contribution < 1.29 is 9.53 Å². The molecule has 162 valence electrons. The number of hydrogen-bond acceptors (Lipinski definition) is 6. The topological polar surface area (TPSA) is 81.9 Å². The molecule has 1 aliphatic heterocycles. The zero-order valence-electron chi connectivity index (χ0n) is 17.7. The fraction of sp³-hybridized carbons (Fsp3) is 0.333. The quantitative estimate of drug-likeness (QED) is 0.508. The largest absolute Gasteiger partial charge is 0.380 e. The molecule has 7 nitrogen and oxygen atoms in total. The van der Waals surface area contributed by atoms with Crippen molar-refractivity contribution in [1.82, 2.24) is 25.1 Å². The Balaban J connectivity index is 1.25. The molecule has 1 aromatic carbocycles. The Kier molecular flexibility index (Phi) is 4.58. The molecule has 4 aromatic rings. The van der Waals surface area contributed by atoms with Gasteiger partial charge < -0.3 is 10.1 Å². The number of benzene rings is 1. The van der Waals surface area contributed by atoms with E-state index in [1.54, 1.807) is 17.5 Å². The van der Waals surface area contributed by atoms with Crippen molar-refractivity contribution in [2.45, 2.75) is 25.3 Å². The molecule has 0 atom stereocenters. The zero-order valence-corrected chi connectivity index (χ0v) is 18.6. The van der Waals surface area contributed by atoms with Gasteiger partial charge in [-0.25, -0.2) is 9.97 Å². The van der Waals surface area contributed by atoms with Crippen LogP contribution in [0.2, 0.25) is 0 Å². The molecule has 2 fully saturated rings. The van der Waals surface area contributed by atoms with Crippen molar-refractivity contribution in [3.05, 3.63) is 64.2 Å². The molecule has 1 amide bonds. The molecule has 0 radical (unpaired) electrons. The number of hydrogen-bond donors (Lipinski definition) is 1. The number of aryl methyl sites for hydroxylation is 1. The molecule has 0 unspecified atom stereocenters. The fourth-order valence-electron chi connectivity index (χ4n) is 4.87. The molecule has 1 aliphatic carbocycles. The molecule has 1 N–H and O–H groups in total. The van der Waals surface area contributed by atoms with Crippen molar-refractivity contribution in [2.75, 3.05) is 13.2 Å². The first-order valence-electron chi connectivity index (χ1n) is 10.8. The summed E-state index contributed by atoms with van der Waals surface area (Å²) in [4.78, 5) is 21.9. The van der Waals surface area contributed by atoms with Crippen LogP contribution in [0.1, 0.15) is 34.5 Å². The highest BCUT2D eigenvalue weighted by atomic mass is 32.1. The number of ether oxygens (including phenoxy) is 1. The van der Waals surface area contributed by atoms with Crippen LogP contribution >= 0.6 is 11.3 Å². The van der Waals surface area contributed by atoms with E-state index in [9.17, 15) is 4.79 Å². The summed E-state index contributed by atoms with van der Waals surface area (Å²) in [6, 6.07) is 10.5. The summed E-state index contributed by atoms with van der Waals surface area (Å²) in [6.45, 7) is 1.65. The highest BCUT2D eigenvalue weighted by molar-refractivity contribution is 7.07. The molecule has 0 bridgehead atoms. The van der Waals surface area contributed by atoms with Crippen LogP contribution in [0.15, 0.2) is 47.4 Å². The summed E-state index contributed by atoms with van der Waals surface area (Å²) in [5.41, 5.74) is 8.60. The Bertz CT molecular complexity index is 1280. The maximum Gasteiger partial charge on any atom is 0.270 e. The summed E-state index contributed by atoms with van der Waals surface area (Å²) in [5.74, 6) is -0.115. The third-order valence-corrected chi connectivity index (χ3v) is 7.18. The zero-order chi connectivity index (χ0) is 21.7. The number of thiazole rings is 1. The maximum absolute atomic E-state index is 13.0. The minimum Gasteiger partial charge on any atom is -0.380 e. The number of nitrogens with zero attached hydrogens (tertiary/aromatic N) is 4. The second-order valence-electron chi connectivity index (χ2n) is 8.99. The number of rotatable bonds is 5. The van der Waals surface area contributed by atoms with Crippen molar-refractivity contribution in [3.63, 3.8) is 0 Å². The summed E-state index contributed by atoms with van der Waals surface area (Å²) in [6.07, 6.45) is 4.41. The minimum atomic E-state index is -0.115. The predicted octanol–water partition coefficient (Wildman–Crippen LogP) is 3.59. The number of carbonyl (C=O) groups excluding carboxylic acids is 1. The van der Waals surface area contributed by atoms with Gasteiger partial charge in [0.05, 0.1) is 36.1 Å². The van der Waals surface area contributed by atoms with Gasteiger partial charge in [0.15, 0.2) is 0 Å². The molecule has 1 saturated carbocycles. The van der Waals surface area contributed by atoms with Crippen LogP contribution in [0.25, 0.3) is 22.3 Å². The normalized spacial score (nSPS) is 17.3. The van der Waals surface area contributed by atoms with Crippen LogP contribution in [0.5, 0.6) is 0 Å². The Morgan fingerprint density at radius 2 is 2.09 bits per heavy atom. The number of fused-ring (bicyclic) bond motifs is 1. The van der Waals surface area contributed by atoms with Gasteiger partial charge in [0, 0.05) is 29.4 Å². The second kappa shape index (κ2) is 7.50. The third-order valence-electron chi connectivity index (χ3n) is 6.60. The number of nitrogens with one attached hydrogen (secondary N) is 1. The molecule has 3 aromatic heterocycles. The smallest absolute Gasteiger partial charge is 0.270 e. The van der Waals surface area contributed by atoms with Gasteiger partial charge in [-0.1, -0.05) is 24.3 Å². The Labute approximate surface area is 189 Å². The molecule has 2 aliphatic rings. The first-order chi connectivity index (χ1) is 15.6. The highest BCUT2D eigenvalue weighted by Crippen LogP contribution is 2.46. The Morgan fingerprint density at radius 1 is 1.28 bits per heavy atom. The molecule has 32 heavy (non-hydrogen) atoms. The van der Waals surface area contributed by atoms with Gasteiger partial charge in [0.1, 0.15) is 11.2 Å². The Morgan fingerprint density at radius 3 is 2.78 bits per heavy atom. The Hall–Kier alpha value is -3.10. The number of amides is 1. The SMILES string of the molecule is Cn1ncc2nc(C(=O)NC3CC4(COC4)C3)cc(Cc3ccc(-c4cscn4)cc3)c21. The molecule has 1 saturated heterocycles. The first-order valence-corrected chi connectivity index (χ1v) is 11.7. The summed E-state index contributed by atoms with van der Waals surface area (Å²) < 4.78 is 7.16. The van der Waals surface area contributed by atoms with Gasteiger partial charge in [0.2, 0.25) is 0 Å². The lowest BCUT2D eigenvalue weighted by molar-refractivity contribution is -0.165. The molecule has 8 heteroatoms. The van der Waals surface area contributed by atoms with Crippen LogP contribution < -0.4 is 5.32 Å². The summed E-state index contributed by atoms with van der Waals surface area (Å²) in [5, 5.41) is 9.57. The van der Waals surface area contributed by atoms with Crippen LogP contribution in [0, 0.1) is 5.41 Å². The first kappa shape index (κ1) is 19.6. The number of carbonyl (C=O) groups is 1. The van der Waals surface area contributed by atoms with Gasteiger partial charge in [-0.15, -0.1) is 11.3 Å². The summed E-state index contributed by atoms with van der Waals surface area (Å²) in [7, 11) is 1.91. The lowest BCUT2D eigenvalue weighted by Gasteiger charge is -2.53. The van der Waals surface area contributed by atoms with Crippen molar-refractivity contribution in [3.8, 4) is 11.3 Å². The van der Waals surface area contributed by atoms with Gasteiger partial charge in [0.25, 0.3) is 5.91 Å². The van der Waals surface area contributed by atoms with E-state index in [0.29, 0.717) is 17.5 Å². The van der Waals surface area contributed by atoms with Crippen LogP contribution in [-0.2, 0) is 18.2 Å².